The molecule has 0 amide bonds. The number of carboxylic acids is 1. The van der Waals surface area contributed by atoms with Crippen LogP contribution in [0.3, 0.4) is 0 Å². The second-order valence-electron chi connectivity index (χ2n) is 7.20. The lowest BCUT2D eigenvalue weighted by atomic mass is 10.0. The van der Waals surface area contributed by atoms with Gasteiger partial charge in [0.1, 0.15) is 0 Å². The first kappa shape index (κ1) is 27.2. The van der Waals surface area contributed by atoms with Gasteiger partial charge in [0.2, 0.25) is 0 Å². The summed E-state index contributed by atoms with van der Waals surface area (Å²) in [6, 6.07) is 0. The largest absolute Gasteiger partial charge is 0.481 e. The smallest absolute Gasteiger partial charge is 0.303 e. The van der Waals surface area contributed by atoms with E-state index in [1.807, 2.05) is 0 Å². The summed E-state index contributed by atoms with van der Waals surface area (Å²) < 4.78 is 0. The lowest BCUT2D eigenvalue weighted by molar-refractivity contribution is -0.137. The van der Waals surface area contributed by atoms with E-state index in [1.165, 1.54) is 94.0 Å². The Bertz CT molecular complexity index is 242. The van der Waals surface area contributed by atoms with Crippen molar-refractivity contribution in [2.45, 2.75) is 134 Å². The minimum Gasteiger partial charge on any atom is -0.481 e. The highest BCUT2D eigenvalue weighted by molar-refractivity contribution is 6.34. The van der Waals surface area contributed by atoms with Crippen LogP contribution in [0.25, 0.3) is 0 Å². The average molecular weight is 370 g/mol. The molecule has 0 aromatic heterocycles. The van der Waals surface area contributed by atoms with Crippen LogP contribution in [0.2, 0.25) is 10.6 Å². The monoisotopic (exact) mass is 369 g/mol. The lowest BCUT2D eigenvalue weighted by Crippen LogP contribution is -1.93. The third-order valence-corrected chi connectivity index (χ3v) is 5.73. The Hall–Kier alpha value is 0.00247. The van der Waals surface area contributed by atoms with Crippen molar-refractivity contribution in [3.63, 3.8) is 0 Å². The van der Waals surface area contributed by atoms with Crippen molar-refractivity contribution in [3.05, 3.63) is 0 Å². The van der Waals surface area contributed by atoms with Crippen LogP contribution in [0.15, 0.2) is 0 Å². The minimum atomic E-state index is -0.653. The van der Waals surface area contributed by atoms with E-state index in [1.54, 1.807) is 0 Å². The van der Waals surface area contributed by atoms with Gasteiger partial charge in [-0.25, -0.2) is 0 Å². The van der Waals surface area contributed by atoms with Crippen LogP contribution in [-0.2, 0) is 4.79 Å². The molecule has 0 bridgehead atoms. The van der Waals surface area contributed by atoms with Gasteiger partial charge in [-0.2, -0.15) is 0 Å². The molecule has 0 saturated carbocycles. The number of carboxylic acid groups (broad SMARTS) is 1. The van der Waals surface area contributed by atoms with Gasteiger partial charge >= 0.3 is 5.97 Å². The van der Waals surface area contributed by atoms with E-state index in [2.05, 4.69) is 20.8 Å². The van der Waals surface area contributed by atoms with Crippen molar-refractivity contribution < 1.29 is 9.90 Å². The van der Waals surface area contributed by atoms with Crippen LogP contribution in [0.1, 0.15) is 124 Å². The molecule has 0 aliphatic carbocycles. The molecule has 0 fully saturated rings. The Morgan fingerprint density at radius 3 is 1.16 bits per heavy atom. The summed E-state index contributed by atoms with van der Waals surface area (Å²) >= 11 is 0.815. The Morgan fingerprint density at radius 1 is 0.600 bits per heavy atom. The second kappa shape index (κ2) is 26.2. The van der Waals surface area contributed by atoms with Crippen molar-refractivity contribution in [1.82, 2.24) is 0 Å². The zero-order valence-electron chi connectivity index (χ0n) is 17.7. The fraction of sp³-hybridized carbons (Fsp3) is 0.955. The van der Waals surface area contributed by atoms with E-state index in [0.29, 0.717) is 6.42 Å². The average Bonchev–Trinajstić information content (AvgIpc) is 2.59. The van der Waals surface area contributed by atoms with Crippen LogP contribution in [0, 0.1) is 0 Å². The number of aliphatic carboxylic acids is 1. The molecule has 0 rings (SSSR count). The first-order valence-electron chi connectivity index (χ1n) is 11.2. The molecular weight excluding hydrogens is 323 g/mol. The lowest BCUT2D eigenvalue weighted by Gasteiger charge is -2.03. The Morgan fingerprint density at radius 2 is 0.920 bits per heavy atom. The van der Waals surface area contributed by atoms with Crippen LogP contribution < -0.4 is 0 Å². The fourth-order valence-corrected chi connectivity index (χ4v) is 3.51. The van der Waals surface area contributed by atoms with Crippen molar-refractivity contribution in [2.24, 2.45) is 0 Å². The molecule has 0 spiro atoms. The molecule has 3 heteroatoms. The Kier molecular flexibility index (Phi) is 28.6. The Balaban J connectivity index is 0. The van der Waals surface area contributed by atoms with Crippen LogP contribution in [-0.4, -0.2) is 26.3 Å². The topological polar surface area (TPSA) is 37.3 Å². The van der Waals surface area contributed by atoms with Gasteiger partial charge in [0, 0.05) is 6.42 Å². The van der Waals surface area contributed by atoms with Gasteiger partial charge in [-0.1, -0.05) is 111 Å². The SMILES string of the molecule is CCCCCCCCCCCCCCCCCC(=O)O.C[CH2][Al][CH2]C. The highest BCUT2D eigenvalue weighted by Crippen LogP contribution is 2.13. The maximum atomic E-state index is 10.3. The van der Waals surface area contributed by atoms with Crippen molar-refractivity contribution >= 4 is 21.2 Å². The predicted molar refractivity (Wildman–Crippen MR) is 114 cm³/mol. The summed E-state index contributed by atoms with van der Waals surface area (Å²) in [5.41, 5.74) is 0. The summed E-state index contributed by atoms with van der Waals surface area (Å²) in [5, 5.41) is 11.4. The minimum absolute atomic E-state index is 0.345. The van der Waals surface area contributed by atoms with Gasteiger partial charge in [-0.05, 0) is 6.42 Å². The molecular formula is C22H46AlO2. The molecule has 0 aromatic rings. The molecule has 149 valence electrons. The molecule has 0 saturated heterocycles. The van der Waals surface area contributed by atoms with Crippen molar-refractivity contribution in [2.75, 3.05) is 0 Å². The van der Waals surface area contributed by atoms with Gasteiger partial charge < -0.3 is 5.11 Å². The summed E-state index contributed by atoms with van der Waals surface area (Å²) in [6.07, 6.45) is 20.2. The van der Waals surface area contributed by atoms with Gasteiger partial charge in [0.15, 0.2) is 15.2 Å². The maximum Gasteiger partial charge on any atom is 0.303 e. The predicted octanol–water partition coefficient (Wildman–Crippen LogP) is 7.90. The van der Waals surface area contributed by atoms with E-state index in [-0.39, 0.29) is 0 Å². The highest BCUT2D eigenvalue weighted by atomic mass is 27.1. The van der Waals surface area contributed by atoms with E-state index in [4.69, 9.17) is 5.11 Å². The van der Waals surface area contributed by atoms with Gasteiger partial charge in [0.25, 0.3) is 0 Å². The quantitative estimate of drug-likeness (QED) is 0.197. The Labute approximate surface area is 165 Å². The van der Waals surface area contributed by atoms with Crippen LogP contribution in [0.5, 0.6) is 0 Å². The first-order chi connectivity index (χ1) is 12.2. The third-order valence-electron chi connectivity index (χ3n) is 4.57. The summed E-state index contributed by atoms with van der Waals surface area (Å²) in [4.78, 5) is 10.3. The molecule has 0 aromatic carbocycles. The number of unbranched alkanes of at least 4 members (excludes halogenated alkanes) is 14. The number of carbonyl (C=O) groups is 1. The van der Waals surface area contributed by atoms with Crippen LogP contribution in [0.4, 0.5) is 0 Å². The third kappa shape index (κ3) is 32.2. The van der Waals surface area contributed by atoms with Crippen LogP contribution >= 0.6 is 0 Å². The molecule has 2 nitrogen and oxygen atoms in total. The fourth-order valence-electron chi connectivity index (χ4n) is 2.94. The standard InChI is InChI=1S/C18H36O2.2C2H5.Al/c1-2-3-4-5-6-7-8-9-10-11-12-13-14-15-16-17-18(19)20;2*1-2;/h2-17H2,1H3,(H,19,20);2*1H2,2H3;. The maximum absolute atomic E-state index is 10.3. The van der Waals surface area contributed by atoms with Gasteiger partial charge in [-0.3, -0.25) is 4.79 Å². The summed E-state index contributed by atoms with van der Waals surface area (Å²) in [6.45, 7) is 6.77. The van der Waals surface area contributed by atoms with E-state index in [0.717, 1.165) is 28.1 Å². The van der Waals surface area contributed by atoms with E-state index in [9.17, 15) is 4.79 Å². The number of hydrogen-bond donors (Lipinski definition) is 1. The molecule has 0 heterocycles. The summed E-state index contributed by atoms with van der Waals surface area (Å²) in [5.74, 6) is -0.653. The zero-order chi connectivity index (χ0) is 19.0. The number of rotatable bonds is 18. The van der Waals surface area contributed by atoms with Crippen molar-refractivity contribution in [1.29, 1.82) is 0 Å². The normalized spacial score (nSPS) is 10.2. The molecule has 1 N–H and O–H groups in total. The molecule has 0 atom stereocenters. The zero-order valence-corrected chi connectivity index (χ0v) is 18.8. The molecule has 1 radical (unpaired) electrons. The number of hydrogen-bond acceptors (Lipinski definition) is 1. The first-order valence-corrected chi connectivity index (χ1v) is 12.9. The second-order valence-corrected chi connectivity index (χ2v) is 9.41. The van der Waals surface area contributed by atoms with E-state index >= 15 is 0 Å². The van der Waals surface area contributed by atoms with E-state index < -0.39 is 5.97 Å². The van der Waals surface area contributed by atoms with Gasteiger partial charge in [0.05, 0.1) is 0 Å². The van der Waals surface area contributed by atoms with Gasteiger partial charge in [-0.15, -0.1) is 10.6 Å². The van der Waals surface area contributed by atoms with Crippen molar-refractivity contribution in [3.8, 4) is 0 Å². The molecule has 25 heavy (non-hydrogen) atoms. The molecule has 0 aliphatic heterocycles. The summed E-state index contributed by atoms with van der Waals surface area (Å²) in [7, 11) is 0. The molecule has 0 aliphatic rings. The molecule has 0 unspecified atom stereocenters. The highest BCUT2D eigenvalue weighted by Gasteiger charge is 1.97.